The number of hydrogen-bond donors (Lipinski definition) is 3. The Morgan fingerprint density at radius 1 is 1.20 bits per heavy atom. The predicted molar refractivity (Wildman–Crippen MR) is 107 cm³/mol. The second-order valence-corrected chi connectivity index (χ2v) is 8.15. The number of phenolic OH excluding ortho intramolecular Hbond substituents is 1. The minimum absolute atomic E-state index is 0.00768. The molecule has 7 nitrogen and oxygen atoms in total. The van der Waals surface area contributed by atoms with E-state index in [0.29, 0.717) is 5.56 Å². The van der Waals surface area contributed by atoms with E-state index in [9.17, 15) is 24.2 Å². The molecule has 30 heavy (non-hydrogen) atoms. The van der Waals surface area contributed by atoms with Gasteiger partial charge in [0.15, 0.2) is 0 Å². The van der Waals surface area contributed by atoms with E-state index in [1.165, 1.54) is 26.1 Å². The van der Waals surface area contributed by atoms with Crippen LogP contribution in [0.15, 0.2) is 30.5 Å². The lowest BCUT2D eigenvalue weighted by atomic mass is 9.94. The monoisotopic (exact) mass is 413 g/mol. The Hall–Kier alpha value is -3.31. The highest BCUT2D eigenvalue weighted by molar-refractivity contribution is 5.93. The Balaban J connectivity index is 2.14. The quantitative estimate of drug-likeness (QED) is 0.641. The van der Waals surface area contributed by atoms with Gasteiger partial charge in [0.1, 0.15) is 28.6 Å². The fourth-order valence-corrected chi connectivity index (χ4v) is 2.82. The molecule has 0 aliphatic rings. The van der Waals surface area contributed by atoms with Crippen LogP contribution in [0, 0.1) is 17.1 Å². The first kappa shape index (κ1) is 23.0. The summed E-state index contributed by atoms with van der Waals surface area (Å²) in [6.07, 6.45) is 1.04. The average Bonchev–Trinajstić information content (AvgIpc) is 2.63. The smallest absolute Gasteiger partial charge is 0.271 e. The summed E-state index contributed by atoms with van der Waals surface area (Å²) in [5, 5.41) is 31.6. The van der Waals surface area contributed by atoms with Gasteiger partial charge >= 0.3 is 0 Å². The van der Waals surface area contributed by atoms with Crippen LogP contribution in [0.1, 0.15) is 54.9 Å². The molecule has 0 saturated carbocycles. The molecule has 0 aliphatic carbocycles. The van der Waals surface area contributed by atoms with E-state index in [4.69, 9.17) is 5.26 Å². The summed E-state index contributed by atoms with van der Waals surface area (Å²) < 4.78 is 14.4. The predicted octanol–water partition coefficient (Wildman–Crippen LogP) is 2.54. The SMILES string of the molecule is CC(C)(C#N)NC(=O)c1cc(CC(=O)Cc2cc(O)c(C(C)(C)O)cc2F)ccn1. The molecule has 8 heteroatoms. The third kappa shape index (κ3) is 5.84. The van der Waals surface area contributed by atoms with Crippen molar-refractivity contribution in [3.63, 3.8) is 0 Å². The number of phenols is 1. The molecule has 0 aliphatic heterocycles. The highest BCUT2D eigenvalue weighted by Crippen LogP contribution is 2.31. The first-order valence-corrected chi connectivity index (χ1v) is 9.27. The number of halogens is 1. The zero-order valence-electron chi connectivity index (χ0n) is 17.3. The van der Waals surface area contributed by atoms with Gasteiger partial charge in [-0.1, -0.05) is 0 Å². The maximum atomic E-state index is 14.4. The lowest BCUT2D eigenvalue weighted by Crippen LogP contribution is -2.42. The molecule has 1 heterocycles. The largest absolute Gasteiger partial charge is 0.508 e. The van der Waals surface area contributed by atoms with Gasteiger partial charge in [-0.25, -0.2) is 4.39 Å². The Bertz CT molecular complexity index is 1020. The number of carbonyl (C=O) groups excluding carboxylic acids is 2. The molecule has 1 amide bonds. The fraction of sp³-hybridized carbons (Fsp3) is 0.364. The van der Waals surface area contributed by atoms with E-state index < -0.39 is 22.9 Å². The van der Waals surface area contributed by atoms with Crippen molar-refractivity contribution in [2.24, 2.45) is 0 Å². The minimum atomic E-state index is -1.43. The lowest BCUT2D eigenvalue weighted by Gasteiger charge is -2.20. The minimum Gasteiger partial charge on any atom is -0.508 e. The molecular weight excluding hydrogens is 389 g/mol. The van der Waals surface area contributed by atoms with Crippen molar-refractivity contribution in [1.82, 2.24) is 10.3 Å². The Morgan fingerprint density at radius 3 is 2.47 bits per heavy atom. The molecule has 0 saturated heterocycles. The molecule has 1 aromatic carbocycles. The van der Waals surface area contributed by atoms with Gasteiger partial charge in [0.2, 0.25) is 0 Å². The number of nitrogens with zero attached hydrogens (tertiary/aromatic N) is 2. The van der Waals surface area contributed by atoms with Crippen LogP contribution < -0.4 is 5.32 Å². The molecule has 0 fully saturated rings. The van der Waals surface area contributed by atoms with Crippen molar-refractivity contribution in [2.45, 2.75) is 51.7 Å². The van der Waals surface area contributed by atoms with Crippen molar-refractivity contribution in [1.29, 1.82) is 5.26 Å². The second kappa shape index (κ2) is 8.59. The normalized spacial score (nSPS) is 11.6. The number of rotatable bonds is 7. The lowest BCUT2D eigenvalue weighted by molar-refractivity contribution is -0.117. The number of pyridine rings is 1. The fourth-order valence-electron chi connectivity index (χ4n) is 2.82. The number of aromatic hydroxyl groups is 1. The molecule has 0 atom stereocenters. The number of ketones is 1. The standard InChI is InChI=1S/C22H24FN3O4/c1-21(2,12-24)26-20(29)18-8-13(5-6-25-18)7-15(27)9-14-10-19(28)16(11-17(14)23)22(3,4)30/h5-6,8,10-11,28,30H,7,9H2,1-4H3,(H,26,29). The van der Waals surface area contributed by atoms with Crippen molar-refractivity contribution >= 4 is 11.7 Å². The van der Waals surface area contributed by atoms with Crippen LogP contribution in [0.25, 0.3) is 0 Å². The Morgan fingerprint density at radius 2 is 1.87 bits per heavy atom. The maximum Gasteiger partial charge on any atom is 0.271 e. The average molecular weight is 413 g/mol. The first-order valence-electron chi connectivity index (χ1n) is 9.27. The van der Waals surface area contributed by atoms with Crippen molar-refractivity contribution in [2.75, 3.05) is 0 Å². The molecule has 0 unspecified atom stereocenters. The zero-order valence-corrected chi connectivity index (χ0v) is 17.3. The zero-order chi connectivity index (χ0) is 22.7. The summed E-state index contributed by atoms with van der Waals surface area (Å²) in [7, 11) is 0. The van der Waals surface area contributed by atoms with Crippen molar-refractivity contribution in [3.05, 3.63) is 58.7 Å². The molecule has 1 aromatic heterocycles. The first-order chi connectivity index (χ1) is 13.8. The number of aromatic nitrogens is 1. The molecule has 2 aromatic rings. The number of nitriles is 1. The summed E-state index contributed by atoms with van der Waals surface area (Å²) >= 11 is 0. The van der Waals surface area contributed by atoms with Gasteiger partial charge in [-0.2, -0.15) is 5.26 Å². The van der Waals surface area contributed by atoms with Crippen LogP contribution in [0.3, 0.4) is 0 Å². The van der Waals surface area contributed by atoms with Crippen molar-refractivity contribution < 1.29 is 24.2 Å². The van der Waals surface area contributed by atoms with E-state index in [1.807, 2.05) is 6.07 Å². The van der Waals surface area contributed by atoms with Gasteiger partial charge in [-0.3, -0.25) is 14.6 Å². The summed E-state index contributed by atoms with van der Waals surface area (Å²) in [6, 6.07) is 7.11. The summed E-state index contributed by atoms with van der Waals surface area (Å²) in [5.74, 6) is -1.88. The van der Waals surface area contributed by atoms with Crippen LogP contribution in [0.5, 0.6) is 5.75 Å². The maximum absolute atomic E-state index is 14.4. The number of aliphatic hydroxyl groups is 1. The molecule has 0 spiro atoms. The van der Waals surface area contributed by atoms with E-state index in [-0.39, 0.29) is 41.2 Å². The number of hydrogen-bond acceptors (Lipinski definition) is 6. The van der Waals surface area contributed by atoms with E-state index in [2.05, 4.69) is 10.3 Å². The molecule has 2 rings (SSSR count). The van der Waals surface area contributed by atoms with E-state index in [0.717, 1.165) is 12.1 Å². The van der Waals surface area contributed by atoms with Crippen LogP contribution in [0.2, 0.25) is 0 Å². The van der Waals surface area contributed by atoms with Gasteiger partial charge < -0.3 is 15.5 Å². The van der Waals surface area contributed by atoms with Gasteiger partial charge in [0, 0.05) is 24.6 Å². The van der Waals surface area contributed by atoms with Gasteiger partial charge in [0.05, 0.1) is 11.7 Å². The van der Waals surface area contributed by atoms with E-state index >= 15 is 0 Å². The molecule has 3 N–H and O–H groups in total. The van der Waals surface area contributed by atoms with Gasteiger partial charge in [-0.15, -0.1) is 0 Å². The molecule has 0 radical (unpaired) electrons. The van der Waals surface area contributed by atoms with Crippen LogP contribution >= 0.6 is 0 Å². The summed E-state index contributed by atoms with van der Waals surface area (Å²) in [6.45, 7) is 5.93. The highest BCUT2D eigenvalue weighted by atomic mass is 19.1. The molecule has 0 bridgehead atoms. The Labute approximate surface area is 174 Å². The van der Waals surface area contributed by atoms with E-state index in [1.54, 1.807) is 19.9 Å². The van der Waals surface area contributed by atoms with Crippen LogP contribution in [-0.4, -0.2) is 32.4 Å². The molecular formula is C22H24FN3O4. The molecule has 158 valence electrons. The number of nitrogens with one attached hydrogen (secondary N) is 1. The second-order valence-electron chi connectivity index (χ2n) is 8.15. The van der Waals surface area contributed by atoms with Crippen LogP contribution in [-0.2, 0) is 23.2 Å². The van der Waals surface area contributed by atoms with Gasteiger partial charge in [-0.05, 0) is 63.1 Å². The number of Topliss-reactive ketones (excluding diaryl/α,β-unsaturated/α-hetero) is 1. The third-order valence-electron chi connectivity index (χ3n) is 4.38. The van der Waals surface area contributed by atoms with Crippen molar-refractivity contribution in [3.8, 4) is 11.8 Å². The topological polar surface area (TPSA) is 123 Å². The highest BCUT2D eigenvalue weighted by Gasteiger charge is 2.24. The summed E-state index contributed by atoms with van der Waals surface area (Å²) in [5.41, 5.74) is -1.90. The number of carbonyl (C=O) groups is 2. The van der Waals surface area contributed by atoms with Crippen LogP contribution in [0.4, 0.5) is 4.39 Å². The number of benzene rings is 1. The van der Waals surface area contributed by atoms with Gasteiger partial charge in [0.25, 0.3) is 5.91 Å². The Kier molecular flexibility index (Phi) is 6.58. The third-order valence-corrected chi connectivity index (χ3v) is 4.38. The summed E-state index contributed by atoms with van der Waals surface area (Å²) in [4.78, 5) is 28.6. The number of amides is 1.